The van der Waals surface area contributed by atoms with Crippen LogP contribution < -0.4 is 5.73 Å². The van der Waals surface area contributed by atoms with Crippen LogP contribution in [0.25, 0.3) is 0 Å². The molecule has 7 heteroatoms. The van der Waals surface area contributed by atoms with Crippen LogP contribution in [-0.2, 0) is 4.74 Å². The fourth-order valence-electron chi connectivity index (χ4n) is 3.73. The molecule has 0 amide bonds. The molecule has 2 unspecified atom stereocenters. The van der Waals surface area contributed by atoms with Crippen LogP contribution in [-0.4, -0.2) is 124 Å². The lowest BCUT2D eigenvalue weighted by Gasteiger charge is -2.35. The first-order chi connectivity index (χ1) is 14.0. The van der Waals surface area contributed by atoms with E-state index in [1.165, 1.54) is 19.3 Å². The van der Waals surface area contributed by atoms with E-state index in [9.17, 15) is 5.11 Å². The summed E-state index contributed by atoms with van der Waals surface area (Å²) in [4.78, 5) is 9.40. The molecule has 1 aliphatic rings. The number of hydrogen-bond acceptors (Lipinski definition) is 7. The van der Waals surface area contributed by atoms with E-state index in [1.54, 1.807) is 0 Å². The van der Waals surface area contributed by atoms with Crippen LogP contribution in [0.3, 0.4) is 0 Å². The highest BCUT2D eigenvalue weighted by Crippen LogP contribution is 2.13. The Bertz CT molecular complexity index is 378. The number of piperazine rings is 1. The van der Waals surface area contributed by atoms with Crippen LogP contribution in [0.5, 0.6) is 0 Å². The fraction of sp³-hybridized carbons (Fsp3) is 1.00. The van der Waals surface area contributed by atoms with Gasteiger partial charge in [0.05, 0.1) is 12.7 Å². The van der Waals surface area contributed by atoms with Crippen molar-refractivity contribution in [1.29, 1.82) is 0 Å². The van der Waals surface area contributed by atoms with Gasteiger partial charge < -0.3 is 20.5 Å². The van der Waals surface area contributed by atoms with Gasteiger partial charge in [-0.3, -0.25) is 14.7 Å². The van der Waals surface area contributed by atoms with Crippen LogP contribution in [0.4, 0.5) is 0 Å². The minimum atomic E-state index is -0.421. The zero-order chi connectivity index (χ0) is 21.5. The zero-order valence-electron chi connectivity index (χ0n) is 19.7. The number of hydrogen-bond donors (Lipinski definition) is 2. The molecule has 0 aliphatic carbocycles. The van der Waals surface area contributed by atoms with E-state index < -0.39 is 6.10 Å². The Labute approximate surface area is 180 Å². The summed E-state index contributed by atoms with van der Waals surface area (Å²) in [5, 5.41) is 10.5. The molecule has 0 aromatic rings. The topological polar surface area (TPSA) is 68.4 Å². The quantitative estimate of drug-likeness (QED) is 0.367. The molecule has 0 radical (unpaired) electrons. The number of nitrogens with two attached hydrogens (primary N) is 1. The van der Waals surface area contributed by atoms with Crippen molar-refractivity contribution in [2.45, 2.75) is 45.6 Å². The number of aliphatic hydroxyl groups is 1. The van der Waals surface area contributed by atoms with E-state index in [-0.39, 0.29) is 0 Å². The maximum absolute atomic E-state index is 10.5. The molecular formula is C22H49N5O2. The molecule has 2 atom stereocenters. The summed E-state index contributed by atoms with van der Waals surface area (Å²) in [5.41, 5.74) is 5.74. The predicted molar refractivity (Wildman–Crippen MR) is 122 cm³/mol. The molecule has 174 valence electrons. The Morgan fingerprint density at radius 3 is 2.28 bits per heavy atom. The number of ether oxygens (including phenoxy) is 1. The third kappa shape index (κ3) is 12.9. The largest absolute Gasteiger partial charge is 0.389 e. The Balaban J connectivity index is 2.34. The second kappa shape index (κ2) is 16.4. The van der Waals surface area contributed by atoms with Crippen LogP contribution in [0.15, 0.2) is 0 Å². The van der Waals surface area contributed by atoms with Crippen molar-refractivity contribution in [2.75, 3.05) is 92.9 Å². The van der Waals surface area contributed by atoms with Gasteiger partial charge in [0.25, 0.3) is 0 Å². The van der Waals surface area contributed by atoms with E-state index in [1.807, 2.05) is 0 Å². The molecule has 0 aromatic heterocycles. The van der Waals surface area contributed by atoms with Gasteiger partial charge in [0, 0.05) is 72.2 Å². The third-order valence-electron chi connectivity index (χ3n) is 6.00. The van der Waals surface area contributed by atoms with Crippen molar-refractivity contribution in [3.8, 4) is 0 Å². The van der Waals surface area contributed by atoms with E-state index in [0.717, 1.165) is 65.4 Å². The normalized spacial score (nSPS) is 18.6. The fourth-order valence-corrected chi connectivity index (χ4v) is 3.73. The third-order valence-corrected chi connectivity index (χ3v) is 6.00. The highest BCUT2D eigenvalue weighted by atomic mass is 16.5. The molecule has 1 saturated heterocycles. The molecule has 0 saturated carbocycles. The van der Waals surface area contributed by atoms with Gasteiger partial charge in [-0.2, -0.15) is 0 Å². The van der Waals surface area contributed by atoms with Gasteiger partial charge in [-0.1, -0.05) is 33.1 Å². The highest BCUT2D eigenvalue weighted by molar-refractivity contribution is 4.73. The minimum Gasteiger partial charge on any atom is -0.389 e. The first kappa shape index (κ1) is 26.8. The van der Waals surface area contributed by atoms with Gasteiger partial charge in [0.15, 0.2) is 0 Å². The summed E-state index contributed by atoms with van der Waals surface area (Å²) in [6, 6.07) is 0. The summed E-state index contributed by atoms with van der Waals surface area (Å²) in [5.74, 6) is 0.624. The molecule has 3 N–H and O–H groups in total. The highest BCUT2D eigenvalue weighted by Gasteiger charge is 2.18. The monoisotopic (exact) mass is 415 g/mol. The van der Waals surface area contributed by atoms with Crippen LogP contribution in [0.2, 0.25) is 0 Å². The summed E-state index contributed by atoms with van der Waals surface area (Å²) in [7, 11) is 4.20. The number of likely N-dealkylation sites (N-methyl/N-ethyl adjacent to an activating group) is 1. The van der Waals surface area contributed by atoms with Gasteiger partial charge >= 0.3 is 0 Å². The van der Waals surface area contributed by atoms with Gasteiger partial charge in [-0.15, -0.1) is 0 Å². The Hall–Kier alpha value is -0.280. The molecule has 1 aliphatic heterocycles. The van der Waals surface area contributed by atoms with Crippen molar-refractivity contribution in [1.82, 2.24) is 19.6 Å². The summed E-state index contributed by atoms with van der Waals surface area (Å²) in [6.45, 7) is 15.3. The number of unbranched alkanes of at least 4 members (excludes halogenated alkanes) is 1. The summed E-state index contributed by atoms with van der Waals surface area (Å²) < 4.78 is 5.88. The van der Waals surface area contributed by atoms with Crippen molar-refractivity contribution in [2.24, 2.45) is 11.7 Å². The Morgan fingerprint density at radius 1 is 1.00 bits per heavy atom. The van der Waals surface area contributed by atoms with Crippen molar-refractivity contribution in [3.63, 3.8) is 0 Å². The molecule has 0 bridgehead atoms. The van der Waals surface area contributed by atoms with Crippen molar-refractivity contribution in [3.05, 3.63) is 0 Å². The number of rotatable bonds is 17. The molecule has 7 nitrogen and oxygen atoms in total. The van der Waals surface area contributed by atoms with Gasteiger partial charge in [-0.25, -0.2) is 0 Å². The average Bonchev–Trinajstić information content (AvgIpc) is 2.72. The Morgan fingerprint density at radius 2 is 1.69 bits per heavy atom. The first-order valence-electron chi connectivity index (χ1n) is 11.8. The zero-order valence-corrected chi connectivity index (χ0v) is 19.7. The maximum atomic E-state index is 10.5. The molecular weight excluding hydrogens is 366 g/mol. The number of aliphatic hydroxyl groups excluding tert-OH is 1. The van der Waals surface area contributed by atoms with Crippen LogP contribution >= 0.6 is 0 Å². The molecule has 1 heterocycles. The average molecular weight is 416 g/mol. The SMILES string of the molecule is CCCCC(CC)COCC(O)CN(CCN(C)C)CCN1CCN(CN)CC1. The van der Waals surface area contributed by atoms with E-state index in [4.69, 9.17) is 10.5 Å². The lowest BCUT2D eigenvalue weighted by atomic mass is 10.0. The lowest BCUT2D eigenvalue weighted by molar-refractivity contribution is 0.000474. The van der Waals surface area contributed by atoms with Crippen LogP contribution in [0, 0.1) is 5.92 Å². The minimum absolute atomic E-state index is 0.421. The molecule has 1 fully saturated rings. The standard InChI is InChI=1S/C22H49N5O2/c1-5-7-8-21(6-2)18-29-19-22(28)17-26(10-9-24(3)4)14-11-25-12-15-27(20-23)16-13-25/h21-22,28H,5-20,23H2,1-4H3. The van der Waals surface area contributed by atoms with E-state index >= 15 is 0 Å². The van der Waals surface area contributed by atoms with E-state index in [2.05, 4.69) is 47.5 Å². The summed E-state index contributed by atoms with van der Waals surface area (Å²) in [6.07, 6.45) is 4.47. The molecule has 1 rings (SSSR count). The smallest absolute Gasteiger partial charge is 0.0900 e. The summed E-state index contributed by atoms with van der Waals surface area (Å²) >= 11 is 0. The van der Waals surface area contributed by atoms with Gasteiger partial charge in [0.2, 0.25) is 0 Å². The second-order valence-corrected chi connectivity index (χ2v) is 8.85. The molecule has 0 aromatic carbocycles. The van der Waals surface area contributed by atoms with Gasteiger partial charge in [0.1, 0.15) is 0 Å². The molecule has 29 heavy (non-hydrogen) atoms. The molecule has 0 spiro atoms. The Kier molecular flexibility index (Phi) is 15.1. The first-order valence-corrected chi connectivity index (χ1v) is 11.8. The van der Waals surface area contributed by atoms with E-state index in [0.29, 0.717) is 25.7 Å². The second-order valence-electron chi connectivity index (χ2n) is 8.85. The van der Waals surface area contributed by atoms with Gasteiger partial charge in [-0.05, 0) is 26.4 Å². The van der Waals surface area contributed by atoms with Crippen molar-refractivity contribution < 1.29 is 9.84 Å². The van der Waals surface area contributed by atoms with Crippen LogP contribution in [0.1, 0.15) is 39.5 Å². The van der Waals surface area contributed by atoms with Crippen molar-refractivity contribution >= 4 is 0 Å². The lowest BCUT2D eigenvalue weighted by Crippen LogP contribution is -2.50. The number of nitrogens with zero attached hydrogens (tertiary/aromatic N) is 4. The predicted octanol–water partition coefficient (Wildman–Crippen LogP) is 0.978. The maximum Gasteiger partial charge on any atom is 0.0900 e.